The van der Waals surface area contributed by atoms with Gasteiger partial charge in [-0.05, 0) is 25.7 Å². The highest BCUT2D eigenvalue weighted by molar-refractivity contribution is 5.04. The maximum absolute atomic E-state index is 3.37. The van der Waals surface area contributed by atoms with Crippen molar-refractivity contribution in [3.05, 3.63) is 6.42 Å². The molecule has 1 spiro atoms. The molecule has 2 rings (SSSR count). The molecule has 10 heavy (non-hydrogen) atoms. The van der Waals surface area contributed by atoms with E-state index in [0.29, 0.717) is 5.54 Å². The molecule has 0 aromatic heterocycles. The summed E-state index contributed by atoms with van der Waals surface area (Å²) in [4.78, 5) is 0. The van der Waals surface area contributed by atoms with E-state index in [1.807, 2.05) is 0 Å². The summed E-state index contributed by atoms with van der Waals surface area (Å²) >= 11 is 0. The van der Waals surface area contributed by atoms with Gasteiger partial charge in [0, 0.05) is 12.1 Å². The Morgan fingerprint density at radius 1 is 1.20 bits per heavy atom. The second-order valence-electron chi connectivity index (χ2n) is 3.41. The van der Waals surface area contributed by atoms with Crippen LogP contribution in [0.2, 0.25) is 0 Å². The highest BCUT2D eigenvalue weighted by atomic mass is 15.4. The van der Waals surface area contributed by atoms with Crippen molar-refractivity contribution in [3.63, 3.8) is 0 Å². The van der Waals surface area contributed by atoms with Gasteiger partial charge in [-0.3, -0.25) is 10.9 Å². The SMILES string of the molecule is [CH]1CCCCC12CCNN2. The second kappa shape index (κ2) is 2.51. The summed E-state index contributed by atoms with van der Waals surface area (Å²) in [5.74, 6) is 0. The van der Waals surface area contributed by atoms with Crippen LogP contribution in [0.5, 0.6) is 0 Å². The standard InChI is InChI=1S/C8H15N2/c1-2-4-8(5-3-1)6-7-9-10-8/h4,9-10H,1-3,5-7H2. The van der Waals surface area contributed by atoms with Crippen LogP contribution in [0.3, 0.4) is 0 Å². The van der Waals surface area contributed by atoms with Crippen molar-refractivity contribution in [2.45, 2.75) is 37.6 Å². The summed E-state index contributed by atoms with van der Waals surface area (Å²) in [6, 6.07) is 0. The average molecular weight is 139 g/mol. The van der Waals surface area contributed by atoms with Gasteiger partial charge >= 0.3 is 0 Å². The lowest BCUT2D eigenvalue weighted by Crippen LogP contribution is -2.45. The summed E-state index contributed by atoms with van der Waals surface area (Å²) in [5, 5.41) is 0. The molecule has 1 unspecified atom stereocenters. The van der Waals surface area contributed by atoms with Gasteiger partial charge < -0.3 is 0 Å². The van der Waals surface area contributed by atoms with Gasteiger partial charge in [-0.25, -0.2) is 0 Å². The first-order chi connectivity index (χ1) is 4.91. The molecule has 1 atom stereocenters. The molecule has 1 heterocycles. The van der Waals surface area contributed by atoms with Crippen LogP contribution in [0.15, 0.2) is 0 Å². The monoisotopic (exact) mass is 139 g/mol. The van der Waals surface area contributed by atoms with Crippen molar-refractivity contribution in [1.29, 1.82) is 0 Å². The minimum atomic E-state index is 0.387. The predicted octanol–water partition coefficient (Wildman–Crippen LogP) is 1.00. The van der Waals surface area contributed by atoms with Gasteiger partial charge in [0.1, 0.15) is 0 Å². The summed E-state index contributed by atoms with van der Waals surface area (Å²) in [7, 11) is 0. The van der Waals surface area contributed by atoms with E-state index in [1.165, 1.54) is 32.1 Å². The third-order valence-electron chi connectivity index (χ3n) is 2.65. The van der Waals surface area contributed by atoms with Gasteiger partial charge in [-0.1, -0.05) is 12.8 Å². The molecule has 0 amide bonds. The Morgan fingerprint density at radius 2 is 2.20 bits per heavy atom. The molecule has 2 aliphatic rings. The molecule has 2 heteroatoms. The van der Waals surface area contributed by atoms with Gasteiger partial charge in [-0.2, -0.15) is 0 Å². The molecule has 2 fully saturated rings. The van der Waals surface area contributed by atoms with E-state index in [1.54, 1.807) is 0 Å². The molecular formula is C8H15N2. The van der Waals surface area contributed by atoms with Crippen LogP contribution < -0.4 is 10.9 Å². The molecule has 2 N–H and O–H groups in total. The first-order valence-electron chi connectivity index (χ1n) is 4.26. The van der Waals surface area contributed by atoms with Crippen LogP contribution in [0.4, 0.5) is 0 Å². The van der Waals surface area contributed by atoms with Gasteiger partial charge in [0.25, 0.3) is 0 Å². The Bertz CT molecular complexity index is 108. The summed E-state index contributed by atoms with van der Waals surface area (Å²) in [6.45, 7) is 1.14. The first-order valence-corrected chi connectivity index (χ1v) is 4.26. The number of rotatable bonds is 0. The fourth-order valence-corrected chi connectivity index (χ4v) is 1.99. The third kappa shape index (κ3) is 1.06. The Morgan fingerprint density at radius 3 is 2.80 bits per heavy atom. The smallest absolute Gasteiger partial charge is 0.0367 e. The second-order valence-corrected chi connectivity index (χ2v) is 3.41. The molecule has 1 radical (unpaired) electrons. The first kappa shape index (κ1) is 6.62. The number of nitrogens with one attached hydrogen (secondary N) is 2. The van der Waals surface area contributed by atoms with Crippen molar-refractivity contribution in [2.75, 3.05) is 6.54 Å². The van der Waals surface area contributed by atoms with Crippen molar-refractivity contribution in [1.82, 2.24) is 10.9 Å². The lowest BCUT2D eigenvalue weighted by atomic mass is 9.81. The Kier molecular flexibility index (Phi) is 1.66. The molecule has 0 aromatic rings. The van der Waals surface area contributed by atoms with E-state index in [9.17, 15) is 0 Å². The highest BCUT2D eigenvalue weighted by Gasteiger charge is 2.34. The molecule has 1 aliphatic carbocycles. The molecule has 0 aromatic carbocycles. The largest absolute Gasteiger partial charge is 0.257 e. The quantitative estimate of drug-likeness (QED) is 0.523. The molecular weight excluding hydrogens is 124 g/mol. The maximum Gasteiger partial charge on any atom is 0.0367 e. The number of hydrazine groups is 1. The van der Waals surface area contributed by atoms with Crippen LogP contribution in [0.1, 0.15) is 32.1 Å². The van der Waals surface area contributed by atoms with Crippen LogP contribution in [-0.2, 0) is 0 Å². The van der Waals surface area contributed by atoms with Crippen LogP contribution >= 0.6 is 0 Å². The van der Waals surface area contributed by atoms with Crippen LogP contribution in [-0.4, -0.2) is 12.1 Å². The predicted molar refractivity (Wildman–Crippen MR) is 41.3 cm³/mol. The molecule has 1 aliphatic heterocycles. The van der Waals surface area contributed by atoms with Gasteiger partial charge in [0.2, 0.25) is 0 Å². The zero-order valence-electron chi connectivity index (χ0n) is 6.32. The average Bonchev–Trinajstić information content (AvgIpc) is 2.39. The van der Waals surface area contributed by atoms with E-state index >= 15 is 0 Å². The Labute approximate surface area is 62.4 Å². The minimum Gasteiger partial charge on any atom is -0.257 e. The topological polar surface area (TPSA) is 24.1 Å². The van der Waals surface area contributed by atoms with Gasteiger partial charge in [0.15, 0.2) is 0 Å². The number of hydrogen-bond donors (Lipinski definition) is 2. The Hall–Kier alpha value is -0.0800. The van der Waals surface area contributed by atoms with Gasteiger partial charge in [0.05, 0.1) is 0 Å². The summed E-state index contributed by atoms with van der Waals surface area (Å²) in [6.07, 6.45) is 9.16. The fraction of sp³-hybridized carbons (Fsp3) is 0.875. The van der Waals surface area contributed by atoms with Gasteiger partial charge in [-0.15, -0.1) is 0 Å². The molecule has 0 bridgehead atoms. The van der Waals surface area contributed by atoms with E-state index in [4.69, 9.17) is 0 Å². The third-order valence-corrected chi connectivity index (χ3v) is 2.65. The van der Waals surface area contributed by atoms with E-state index < -0.39 is 0 Å². The molecule has 1 saturated carbocycles. The highest BCUT2D eigenvalue weighted by Crippen LogP contribution is 2.30. The molecule has 57 valence electrons. The van der Waals surface area contributed by atoms with E-state index in [-0.39, 0.29) is 0 Å². The number of hydrogen-bond acceptors (Lipinski definition) is 2. The summed E-state index contributed by atoms with van der Waals surface area (Å²) < 4.78 is 0. The molecule has 2 nitrogen and oxygen atoms in total. The normalized spacial score (nSPS) is 31.2. The van der Waals surface area contributed by atoms with Crippen LogP contribution in [0.25, 0.3) is 0 Å². The zero-order valence-corrected chi connectivity index (χ0v) is 6.32. The zero-order chi connectivity index (χ0) is 6.86. The van der Waals surface area contributed by atoms with E-state index in [0.717, 1.165) is 6.54 Å². The Balaban J connectivity index is 1.98. The minimum absolute atomic E-state index is 0.387. The maximum atomic E-state index is 3.37. The van der Waals surface area contributed by atoms with Crippen molar-refractivity contribution in [3.8, 4) is 0 Å². The van der Waals surface area contributed by atoms with Crippen molar-refractivity contribution in [2.24, 2.45) is 0 Å². The summed E-state index contributed by atoms with van der Waals surface area (Å²) in [5.41, 5.74) is 6.96. The van der Waals surface area contributed by atoms with Crippen molar-refractivity contribution < 1.29 is 0 Å². The van der Waals surface area contributed by atoms with Crippen LogP contribution in [0, 0.1) is 6.42 Å². The lowest BCUT2D eigenvalue weighted by molar-refractivity contribution is 0.325. The van der Waals surface area contributed by atoms with Crippen molar-refractivity contribution >= 4 is 0 Å². The molecule has 1 saturated heterocycles. The lowest BCUT2D eigenvalue weighted by Gasteiger charge is -2.32. The fourth-order valence-electron chi connectivity index (χ4n) is 1.99. The van der Waals surface area contributed by atoms with E-state index in [2.05, 4.69) is 17.3 Å².